The molecule has 0 aromatic heterocycles. The Morgan fingerprint density at radius 3 is 2.47 bits per heavy atom. The minimum Gasteiger partial charge on any atom is -0.294 e. The van der Waals surface area contributed by atoms with Crippen LogP contribution in [0, 0.1) is 0 Å². The molecule has 1 heterocycles. The average molecular weight is 240 g/mol. The molecule has 0 bridgehead atoms. The molecule has 1 nitrogen and oxygen atoms in total. The highest BCUT2D eigenvalue weighted by Crippen LogP contribution is 2.44. The first-order valence-corrected chi connectivity index (χ1v) is 6.56. The highest BCUT2D eigenvalue weighted by molar-refractivity contribution is 7.99. The molecule has 2 heteroatoms. The van der Waals surface area contributed by atoms with Crippen LogP contribution in [0.2, 0.25) is 0 Å². The van der Waals surface area contributed by atoms with Crippen LogP contribution in [0.3, 0.4) is 0 Å². The summed E-state index contributed by atoms with van der Waals surface area (Å²) in [6.45, 7) is 0. The van der Waals surface area contributed by atoms with Gasteiger partial charge in [-0.15, -0.1) is 11.8 Å². The summed E-state index contributed by atoms with van der Waals surface area (Å²) in [4.78, 5) is 13.2. The number of Topliss-reactive ketones (excluding diaryl/α,β-unsaturated/α-hetero) is 1. The van der Waals surface area contributed by atoms with Crippen LogP contribution in [-0.4, -0.2) is 5.78 Å². The first-order valence-electron chi connectivity index (χ1n) is 5.68. The van der Waals surface area contributed by atoms with Gasteiger partial charge in [0.1, 0.15) is 0 Å². The van der Waals surface area contributed by atoms with Crippen molar-refractivity contribution in [3.8, 4) is 0 Å². The van der Waals surface area contributed by atoms with E-state index in [1.165, 1.54) is 5.56 Å². The van der Waals surface area contributed by atoms with Gasteiger partial charge < -0.3 is 0 Å². The fourth-order valence-electron chi connectivity index (χ4n) is 2.13. The van der Waals surface area contributed by atoms with E-state index >= 15 is 0 Å². The van der Waals surface area contributed by atoms with Crippen molar-refractivity contribution in [2.75, 3.05) is 0 Å². The Kier molecular flexibility index (Phi) is 2.73. The van der Waals surface area contributed by atoms with Crippen molar-refractivity contribution >= 4 is 17.5 Å². The maximum Gasteiger partial charge on any atom is 0.165 e. The van der Waals surface area contributed by atoms with Gasteiger partial charge >= 0.3 is 0 Å². The Morgan fingerprint density at radius 2 is 1.65 bits per heavy atom. The van der Waals surface area contributed by atoms with Crippen molar-refractivity contribution < 1.29 is 4.79 Å². The van der Waals surface area contributed by atoms with Crippen LogP contribution in [0.5, 0.6) is 0 Å². The number of thioether (sulfide) groups is 1. The lowest BCUT2D eigenvalue weighted by molar-refractivity contribution is 0.0976. The second-order valence-corrected chi connectivity index (χ2v) is 5.39. The molecule has 0 saturated carbocycles. The van der Waals surface area contributed by atoms with Crippen molar-refractivity contribution in [3.63, 3.8) is 0 Å². The van der Waals surface area contributed by atoms with Gasteiger partial charge in [-0.1, -0.05) is 48.5 Å². The molecular formula is C15H12OS. The molecule has 0 unspecified atom stereocenters. The summed E-state index contributed by atoms with van der Waals surface area (Å²) in [5, 5.41) is 0.263. The molecule has 2 aromatic rings. The molecule has 0 aliphatic carbocycles. The van der Waals surface area contributed by atoms with Crippen molar-refractivity contribution in [2.45, 2.75) is 16.6 Å². The second kappa shape index (κ2) is 4.38. The predicted octanol–water partition coefficient (Wildman–Crippen LogP) is 4.11. The van der Waals surface area contributed by atoms with Crippen LogP contribution in [-0.2, 0) is 0 Å². The van der Waals surface area contributed by atoms with E-state index in [0.29, 0.717) is 6.42 Å². The van der Waals surface area contributed by atoms with Gasteiger partial charge in [-0.05, 0) is 11.6 Å². The number of fused-ring (bicyclic) bond motifs is 1. The zero-order valence-corrected chi connectivity index (χ0v) is 10.1. The Balaban J connectivity index is 1.97. The lowest BCUT2D eigenvalue weighted by Gasteiger charge is -2.23. The van der Waals surface area contributed by atoms with E-state index in [9.17, 15) is 4.79 Å². The summed E-state index contributed by atoms with van der Waals surface area (Å²) in [6.07, 6.45) is 0.603. The highest BCUT2D eigenvalue weighted by Gasteiger charge is 2.26. The molecule has 1 aliphatic rings. The predicted molar refractivity (Wildman–Crippen MR) is 70.4 cm³/mol. The van der Waals surface area contributed by atoms with E-state index in [1.54, 1.807) is 11.8 Å². The molecular weight excluding hydrogens is 228 g/mol. The maximum atomic E-state index is 12.1. The van der Waals surface area contributed by atoms with Gasteiger partial charge in [0.15, 0.2) is 5.78 Å². The largest absolute Gasteiger partial charge is 0.294 e. The number of carbonyl (C=O) groups excluding carboxylic acids is 1. The van der Waals surface area contributed by atoms with Crippen LogP contribution in [0.1, 0.15) is 27.6 Å². The standard InChI is InChI=1S/C15H12OS/c16-13-10-15(11-6-2-1-3-7-11)17-14-9-5-4-8-12(13)14/h1-9,15H,10H2/t15-/m1/s1. The summed E-state index contributed by atoms with van der Waals surface area (Å²) in [5.41, 5.74) is 2.12. The molecule has 1 aliphatic heterocycles. The molecule has 2 aromatic carbocycles. The van der Waals surface area contributed by atoms with Crippen LogP contribution >= 0.6 is 11.8 Å². The van der Waals surface area contributed by atoms with Gasteiger partial charge in [0, 0.05) is 22.1 Å². The monoisotopic (exact) mass is 240 g/mol. The summed E-state index contributed by atoms with van der Waals surface area (Å²) in [7, 11) is 0. The van der Waals surface area contributed by atoms with Crippen molar-refractivity contribution in [2.24, 2.45) is 0 Å². The number of hydrogen-bond acceptors (Lipinski definition) is 2. The average Bonchev–Trinajstić information content (AvgIpc) is 2.40. The van der Waals surface area contributed by atoms with E-state index in [-0.39, 0.29) is 11.0 Å². The van der Waals surface area contributed by atoms with Crippen LogP contribution in [0.4, 0.5) is 0 Å². The Labute approximate surface area is 105 Å². The molecule has 1 atom stereocenters. The number of ketones is 1. The molecule has 0 radical (unpaired) electrons. The Morgan fingerprint density at radius 1 is 0.941 bits per heavy atom. The topological polar surface area (TPSA) is 17.1 Å². The van der Waals surface area contributed by atoms with Crippen molar-refractivity contribution in [1.29, 1.82) is 0 Å². The van der Waals surface area contributed by atoms with E-state index in [4.69, 9.17) is 0 Å². The number of rotatable bonds is 1. The van der Waals surface area contributed by atoms with Gasteiger partial charge in [-0.2, -0.15) is 0 Å². The maximum absolute atomic E-state index is 12.1. The van der Waals surface area contributed by atoms with E-state index < -0.39 is 0 Å². The van der Waals surface area contributed by atoms with Crippen molar-refractivity contribution in [3.05, 3.63) is 65.7 Å². The normalized spacial score (nSPS) is 18.8. The molecule has 0 N–H and O–H groups in total. The molecule has 3 rings (SSSR count). The minimum atomic E-state index is 0.258. The highest BCUT2D eigenvalue weighted by atomic mass is 32.2. The van der Waals surface area contributed by atoms with Crippen LogP contribution in [0.15, 0.2) is 59.5 Å². The van der Waals surface area contributed by atoms with E-state index in [1.807, 2.05) is 42.5 Å². The lowest BCUT2D eigenvalue weighted by atomic mass is 10.0. The zero-order valence-electron chi connectivity index (χ0n) is 9.30. The lowest BCUT2D eigenvalue weighted by Crippen LogP contribution is -2.11. The van der Waals surface area contributed by atoms with Gasteiger partial charge in [-0.3, -0.25) is 4.79 Å². The quantitative estimate of drug-likeness (QED) is 0.746. The molecule has 0 spiro atoms. The summed E-state index contributed by atoms with van der Waals surface area (Å²) >= 11 is 1.79. The van der Waals surface area contributed by atoms with Crippen molar-refractivity contribution in [1.82, 2.24) is 0 Å². The molecule has 0 saturated heterocycles. The number of carbonyl (C=O) groups is 1. The SMILES string of the molecule is O=C1C[C@H](c2ccccc2)Sc2ccccc21. The van der Waals surface area contributed by atoms with Gasteiger partial charge in [-0.25, -0.2) is 0 Å². The van der Waals surface area contributed by atoms with Gasteiger partial charge in [0.25, 0.3) is 0 Å². The Hall–Kier alpha value is -1.54. The second-order valence-electron chi connectivity index (χ2n) is 4.14. The fourth-order valence-corrected chi connectivity index (χ4v) is 3.43. The third kappa shape index (κ3) is 2.01. The minimum absolute atomic E-state index is 0.258. The number of benzene rings is 2. The first kappa shape index (κ1) is 10.6. The Bertz CT molecular complexity index is 548. The van der Waals surface area contributed by atoms with Gasteiger partial charge in [0.2, 0.25) is 0 Å². The fraction of sp³-hybridized carbons (Fsp3) is 0.133. The first-order chi connectivity index (χ1) is 8.34. The summed E-state index contributed by atoms with van der Waals surface area (Å²) < 4.78 is 0. The molecule has 17 heavy (non-hydrogen) atoms. The van der Waals surface area contributed by atoms with Crippen LogP contribution < -0.4 is 0 Å². The van der Waals surface area contributed by atoms with E-state index in [0.717, 1.165) is 10.5 Å². The third-order valence-electron chi connectivity index (χ3n) is 3.00. The van der Waals surface area contributed by atoms with Crippen LogP contribution in [0.25, 0.3) is 0 Å². The zero-order chi connectivity index (χ0) is 11.7. The molecule has 84 valence electrons. The summed E-state index contributed by atoms with van der Waals surface area (Å²) in [6, 6.07) is 18.1. The summed E-state index contributed by atoms with van der Waals surface area (Å²) in [5.74, 6) is 0.258. The van der Waals surface area contributed by atoms with E-state index in [2.05, 4.69) is 12.1 Å². The van der Waals surface area contributed by atoms with Gasteiger partial charge in [0.05, 0.1) is 0 Å². The molecule has 0 amide bonds. The smallest absolute Gasteiger partial charge is 0.165 e. The third-order valence-corrected chi connectivity index (χ3v) is 4.33. The number of hydrogen-bond donors (Lipinski definition) is 0. The molecule has 0 fully saturated rings.